The topological polar surface area (TPSA) is 60.2 Å². The third kappa shape index (κ3) is 4.31. The second-order valence-electron chi connectivity index (χ2n) is 4.79. The second-order valence-corrected chi connectivity index (χ2v) is 5.71. The minimum Gasteiger partial charge on any atom is -0.378 e. The lowest BCUT2D eigenvalue weighted by molar-refractivity contribution is 0.0996. The van der Waals surface area contributed by atoms with Crippen molar-refractivity contribution in [3.05, 3.63) is 28.5 Å². The summed E-state index contributed by atoms with van der Waals surface area (Å²) in [6.45, 7) is 0.918. The van der Waals surface area contributed by atoms with E-state index in [1.54, 1.807) is 6.20 Å². The third-order valence-corrected chi connectivity index (χ3v) is 3.77. The zero-order valence-electron chi connectivity index (χ0n) is 10.4. The van der Waals surface area contributed by atoms with Crippen LogP contribution in [0.3, 0.4) is 0 Å². The average Bonchev–Trinajstić information content (AvgIpc) is 2.87. The fourth-order valence-electron chi connectivity index (χ4n) is 2.36. The van der Waals surface area contributed by atoms with E-state index in [1.807, 2.05) is 6.20 Å². The van der Waals surface area contributed by atoms with Crippen LogP contribution in [0, 0.1) is 0 Å². The Hall–Kier alpha value is -0.490. The summed E-state index contributed by atoms with van der Waals surface area (Å²) >= 11 is 3.43. The van der Waals surface area contributed by atoms with Crippen LogP contribution in [0.15, 0.2) is 22.9 Å². The number of hydrogen-bond acceptors (Lipinski definition) is 4. The van der Waals surface area contributed by atoms with E-state index in [4.69, 9.17) is 10.6 Å². The Morgan fingerprint density at radius 3 is 3.11 bits per heavy atom. The van der Waals surface area contributed by atoms with Gasteiger partial charge in [0.25, 0.3) is 0 Å². The molecule has 100 valence electrons. The highest BCUT2D eigenvalue weighted by atomic mass is 79.9. The van der Waals surface area contributed by atoms with Crippen LogP contribution in [-0.4, -0.2) is 23.7 Å². The van der Waals surface area contributed by atoms with Crippen molar-refractivity contribution in [1.29, 1.82) is 0 Å². The molecular weight excluding hydrogens is 294 g/mol. The maximum absolute atomic E-state index is 5.63. The average molecular weight is 314 g/mol. The van der Waals surface area contributed by atoms with Gasteiger partial charge < -0.3 is 4.74 Å². The first-order chi connectivity index (χ1) is 8.78. The van der Waals surface area contributed by atoms with Crippen LogP contribution in [0.2, 0.25) is 0 Å². The summed E-state index contributed by atoms with van der Waals surface area (Å²) in [6, 6.07) is 2.37. The van der Waals surface area contributed by atoms with Crippen LogP contribution in [0.1, 0.15) is 31.2 Å². The molecule has 0 radical (unpaired) electrons. The van der Waals surface area contributed by atoms with E-state index in [-0.39, 0.29) is 6.04 Å². The van der Waals surface area contributed by atoms with E-state index >= 15 is 0 Å². The molecule has 4 nitrogen and oxygen atoms in total. The number of rotatable bonds is 6. The van der Waals surface area contributed by atoms with Gasteiger partial charge in [-0.1, -0.05) is 0 Å². The molecule has 0 spiro atoms. The van der Waals surface area contributed by atoms with Gasteiger partial charge in [0.2, 0.25) is 0 Å². The summed E-state index contributed by atoms with van der Waals surface area (Å²) in [5, 5.41) is 0. The number of ether oxygens (including phenoxy) is 1. The Bertz CT molecular complexity index is 369. The Morgan fingerprint density at radius 2 is 2.44 bits per heavy atom. The van der Waals surface area contributed by atoms with E-state index in [2.05, 4.69) is 32.4 Å². The molecule has 18 heavy (non-hydrogen) atoms. The van der Waals surface area contributed by atoms with E-state index in [0.29, 0.717) is 6.10 Å². The monoisotopic (exact) mass is 313 g/mol. The first kappa shape index (κ1) is 13.9. The molecule has 1 aromatic rings. The quantitative estimate of drug-likeness (QED) is 0.624. The molecule has 5 heteroatoms. The predicted octanol–water partition coefficient (Wildman–Crippen LogP) is 2.18. The minimum absolute atomic E-state index is 0.283. The van der Waals surface area contributed by atoms with Crippen LogP contribution < -0.4 is 11.3 Å². The van der Waals surface area contributed by atoms with Gasteiger partial charge in [0.05, 0.1) is 6.10 Å². The zero-order chi connectivity index (χ0) is 12.8. The molecule has 0 saturated carbocycles. The molecule has 2 rings (SSSR count). The molecule has 2 atom stereocenters. The molecule has 2 heterocycles. The van der Waals surface area contributed by atoms with Crippen molar-refractivity contribution in [1.82, 2.24) is 10.4 Å². The number of hydrogen-bond donors (Lipinski definition) is 2. The predicted molar refractivity (Wildman–Crippen MR) is 75.0 cm³/mol. The van der Waals surface area contributed by atoms with E-state index < -0.39 is 0 Å². The van der Waals surface area contributed by atoms with E-state index in [1.165, 1.54) is 18.4 Å². The second kappa shape index (κ2) is 7.19. The van der Waals surface area contributed by atoms with Crippen molar-refractivity contribution in [3.63, 3.8) is 0 Å². The normalized spacial score (nSPS) is 21.1. The molecule has 0 amide bonds. The summed E-state index contributed by atoms with van der Waals surface area (Å²) in [4.78, 5) is 4.17. The summed E-state index contributed by atoms with van der Waals surface area (Å²) < 4.78 is 6.64. The van der Waals surface area contributed by atoms with Crippen LogP contribution in [0.25, 0.3) is 0 Å². The van der Waals surface area contributed by atoms with Crippen LogP contribution in [0.4, 0.5) is 0 Å². The molecule has 0 aromatic carbocycles. The molecule has 1 aliphatic heterocycles. The minimum atomic E-state index is 0.283. The number of hydrazine groups is 1. The summed E-state index contributed by atoms with van der Waals surface area (Å²) in [5.74, 6) is 5.62. The van der Waals surface area contributed by atoms with Crippen molar-refractivity contribution in [2.75, 3.05) is 6.61 Å². The van der Waals surface area contributed by atoms with Crippen LogP contribution >= 0.6 is 15.9 Å². The number of nitrogens with zero attached hydrogens (tertiary/aromatic N) is 1. The van der Waals surface area contributed by atoms with E-state index in [9.17, 15) is 0 Å². The Morgan fingerprint density at radius 1 is 1.56 bits per heavy atom. The largest absolute Gasteiger partial charge is 0.378 e. The lowest BCUT2D eigenvalue weighted by Crippen LogP contribution is -2.37. The van der Waals surface area contributed by atoms with Gasteiger partial charge in [-0.05, 0) is 59.7 Å². The van der Waals surface area contributed by atoms with Crippen LogP contribution in [-0.2, 0) is 11.2 Å². The first-order valence-corrected chi connectivity index (χ1v) is 7.24. The SMILES string of the molecule is NNC(CCC1CCCO1)Cc1cncc(Br)c1. The highest BCUT2D eigenvalue weighted by Gasteiger charge is 2.17. The molecule has 0 bridgehead atoms. The molecule has 0 aliphatic carbocycles. The number of aromatic nitrogens is 1. The Balaban J connectivity index is 1.81. The van der Waals surface area contributed by atoms with Crippen molar-refractivity contribution in [2.24, 2.45) is 5.84 Å². The number of pyridine rings is 1. The first-order valence-electron chi connectivity index (χ1n) is 6.45. The highest BCUT2D eigenvalue weighted by Crippen LogP contribution is 2.19. The molecule has 1 aromatic heterocycles. The maximum atomic E-state index is 5.63. The number of halogens is 1. The van der Waals surface area contributed by atoms with Gasteiger partial charge >= 0.3 is 0 Å². The van der Waals surface area contributed by atoms with Gasteiger partial charge in [-0.15, -0.1) is 0 Å². The standard InChI is InChI=1S/C13H20BrN3O/c14-11-6-10(8-16-9-11)7-12(17-15)3-4-13-2-1-5-18-13/h6,8-9,12-13,17H,1-5,7,15H2. The van der Waals surface area contributed by atoms with Gasteiger partial charge in [-0.3, -0.25) is 16.3 Å². The molecule has 1 fully saturated rings. The maximum Gasteiger partial charge on any atom is 0.0576 e. The van der Waals surface area contributed by atoms with Crippen molar-refractivity contribution < 1.29 is 4.74 Å². The smallest absolute Gasteiger partial charge is 0.0576 e. The van der Waals surface area contributed by atoms with E-state index in [0.717, 1.165) is 30.3 Å². The van der Waals surface area contributed by atoms with Gasteiger partial charge in [0.1, 0.15) is 0 Å². The number of nitrogens with one attached hydrogen (secondary N) is 1. The van der Waals surface area contributed by atoms with Crippen molar-refractivity contribution in [2.45, 2.75) is 44.2 Å². The van der Waals surface area contributed by atoms with Gasteiger partial charge in [0.15, 0.2) is 0 Å². The Kier molecular flexibility index (Phi) is 5.56. The van der Waals surface area contributed by atoms with Gasteiger partial charge in [0, 0.05) is 29.5 Å². The third-order valence-electron chi connectivity index (χ3n) is 3.34. The van der Waals surface area contributed by atoms with Gasteiger partial charge in [-0.25, -0.2) is 0 Å². The summed E-state index contributed by atoms with van der Waals surface area (Å²) in [5.41, 5.74) is 4.09. The molecule has 3 N–H and O–H groups in total. The molecule has 1 saturated heterocycles. The van der Waals surface area contributed by atoms with Crippen molar-refractivity contribution in [3.8, 4) is 0 Å². The van der Waals surface area contributed by atoms with Crippen LogP contribution in [0.5, 0.6) is 0 Å². The highest BCUT2D eigenvalue weighted by molar-refractivity contribution is 9.10. The fraction of sp³-hybridized carbons (Fsp3) is 0.615. The number of nitrogens with two attached hydrogens (primary N) is 1. The fourth-order valence-corrected chi connectivity index (χ4v) is 2.77. The molecule has 2 unspecified atom stereocenters. The Labute approximate surface area is 116 Å². The van der Waals surface area contributed by atoms with Crippen molar-refractivity contribution >= 4 is 15.9 Å². The lowest BCUT2D eigenvalue weighted by atomic mass is 10.0. The summed E-state index contributed by atoms with van der Waals surface area (Å²) in [6.07, 6.45) is 9.51. The lowest BCUT2D eigenvalue weighted by Gasteiger charge is -2.18. The zero-order valence-corrected chi connectivity index (χ0v) is 12.0. The molecule has 1 aliphatic rings. The molecular formula is C13H20BrN3O. The summed E-state index contributed by atoms with van der Waals surface area (Å²) in [7, 11) is 0. The van der Waals surface area contributed by atoms with Gasteiger partial charge in [-0.2, -0.15) is 0 Å².